The predicted octanol–water partition coefficient (Wildman–Crippen LogP) is 0.698. The van der Waals surface area contributed by atoms with E-state index in [9.17, 15) is 0 Å². The zero-order valence-corrected chi connectivity index (χ0v) is 12.1. The third-order valence-electron chi connectivity index (χ3n) is 2.06. The summed E-state index contributed by atoms with van der Waals surface area (Å²) in [6.07, 6.45) is 0. The van der Waals surface area contributed by atoms with Crippen LogP contribution in [0.2, 0.25) is 0 Å². The molecule has 1 aromatic carbocycles. The van der Waals surface area contributed by atoms with Gasteiger partial charge in [-0.3, -0.25) is 0 Å². The fraction of sp³-hybridized carbons (Fsp3) is 0.455. The molecule has 2 heteroatoms. The first kappa shape index (κ1) is 13.6. The molecule has 0 aliphatic heterocycles. The maximum absolute atomic E-state index is 4.34. The van der Waals surface area contributed by atoms with Gasteiger partial charge < -0.3 is 1.43 Å². The second kappa shape index (κ2) is 4.88. The van der Waals surface area contributed by atoms with E-state index in [4.69, 9.17) is 0 Å². The van der Waals surface area contributed by atoms with E-state index in [0.29, 0.717) is 0 Å². The van der Waals surface area contributed by atoms with Crippen LogP contribution >= 0.6 is 12.6 Å². The molecular weight excluding hydrogens is 187 g/mol. The molecule has 0 radical (unpaired) electrons. The molecule has 0 fully saturated rings. The molecule has 0 N–H and O–H groups in total. The Morgan fingerprint density at radius 2 is 1.77 bits per heavy atom. The first-order valence-corrected chi connectivity index (χ1v) is 4.66. The van der Waals surface area contributed by atoms with Crippen molar-refractivity contribution in [2.24, 2.45) is 0 Å². The molecule has 0 heterocycles. The Morgan fingerprint density at radius 3 is 2.15 bits per heavy atom. The molecule has 0 aliphatic rings. The minimum atomic E-state index is 0. The standard InChI is InChI=1S/C11H16S.Na.H/c1-8-7-9(11(2,3)4)5-6-10(8)12;;/h5-7,12H,1-4H3;;/q;+1;-1. The molecule has 0 amide bonds. The van der Waals surface area contributed by atoms with E-state index in [0.717, 1.165) is 4.90 Å². The van der Waals surface area contributed by atoms with Crippen LogP contribution in [0.4, 0.5) is 0 Å². The zero-order valence-electron chi connectivity index (χ0n) is 10.2. The van der Waals surface area contributed by atoms with Crippen molar-refractivity contribution in [3.05, 3.63) is 29.3 Å². The predicted molar refractivity (Wildman–Crippen MR) is 58.2 cm³/mol. The van der Waals surface area contributed by atoms with Gasteiger partial charge >= 0.3 is 29.6 Å². The summed E-state index contributed by atoms with van der Waals surface area (Å²) < 4.78 is 0. The number of aryl methyl sites for hydroxylation is 1. The van der Waals surface area contributed by atoms with Gasteiger partial charge in [-0.1, -0.05) is 32.9 Å². The van der Waals surface area contributed by atoms with Crippen molar-refractivity contribution in [2.75, 3.05) is 0 Å². The van der Waals surface area contributed by atoms with E-state index in [-0.39, 0.29) is 36.4 Å². The van der Waals surface area contributed by atoms with Crippen LogP contribution in [-0.2, 0) is 5.41 Å². The van der Waals surface area contributed by atoms with Gasteiger partial charge in [0.15, 0.2) is 0 Å². The Kier molecular flexibility index (Phi) is 5.09. The molecule has 68 valence electrons. The largest absolute Gasteiger partial charge is 1.00 e. The minimum absolute atomic E-state index is 0. The third kappa shape index (κ3) is 3.67. The molecule has 13 heavy (non-hydrogen) atoms. The monoisotopic (exact) mass is 204 g/mol. The fourth-order valence-electron chi connectivity index (χ4n) is 1.12. The maximum Gasteiger partial charge on any atom is 1.00 e. The molecule has 0 unspecified atom stereocenters. The van der Waals surface area contributed by atoms with Crippen molar-refractivity contribution in [3.8, 4) is 0 Å². The molecule has 0 atom stereocenters. The van der Waals surface area contributed by atoms with E-state index in [1.807, 2.05) is 0 Å². The Labute approximate surface area is 110 Å². The van der Waals surface area contributed by atoms with Crippen molar-refractivity contribution in [1.29, 1.82) is 0 Å². The van der Waals surface area contributed by atoms with Gasteiger partial charge in [-0.15, -0.1) is 12.6 Å². The van der Waals surface area contributed by atoms with Gasteiger partial charge in [0.25, 0.3) is 0 Å². The van der Waals surface area contributed by atoms with Crippen molar-refractivity contribution in [1.82, 2.24) is 0 Å². The average molecular weight is 204 g/mol. The minimum Gasteiger partial charge on any atom is -1.00 e. The van der Waals surface area contributed by atoms with Gasteiger partial charge in [0.1, 0.15) is 0 Å². The quantitative estimate of drug-likeness (QED) is 0.467. The number of thiol groups is 1. The van der Waals surface area contributed by atoms with Crippen molar-refractivity contribution < 1.29 is 31.0 Å². The van der Waals surface area contributed by atoms with Crippen molar-refractivity contribution in [2.45, 2.75) is 38.0 Å². The van der Waals surface area contributed by atoms with Crippen molar-refractivity contribution >= 4 is 12.6 Å². The van der Waals surface area contributed by atoms with E-state index in [1.54, 1.807) is 0 Å². The Bertz CT molecular complexity index is 292. The number of benzene rings is 1. The summed E-state index contributed by atoms with van der Waals surface area (Å²) in [5.74, 6) is 0. The summed E-state index contributed by atoms with van der Waals surface area (Å²) in [6, 6.07) is 6.43. The molecular formula is C11H17NaS. The molecule has 1 rings (SSSR count). The number of hydrogen-bond acceptors (Lipinski definition) is 1. The van der Waals surface area contributed by atoms with Crippen LogP contribution in [0.1, 0.15) is 33.3 Å². The summed E-state index contributed by atoms with van der Waals surface area (Å²) in [4.78, 5) is 1.07. The van der Waals surface area contributed by atoms with Crippen LogP contribution in [0.15, 0.2) is 23.1 Å². The van der Waals surface area contributed by atoms with Crippen LogP contribution in [0.25, 0.3) is 0 Å². The van der Waals surface area contributed by atoms with Crippen LogP contribution in [0.5, 0.6) is 0 Å². The summed E-state index contributed by atoms with van der Waals surface area (Å²) in [6.45, 7) is 8.76. The van der Waals surface area contributed by atoms with E-state index in [1.165, 1.54) is 11.1 Å². The third-order valence-corrected chi connectivity index (χ3v) is 2.56. The number of hydrogen-bond donors (Lipinski definition) is 1. The van der Waals surface area contributed by atoms with Crippen LogP contribution in [0.3, 0.4) is 0 Å². The van der Waals surface area contributed by atoms with Gasteiger partial charge in [0.2, 0.25) is 0 Å². The Balaban J connectivity index is 0. The molecule has 0 nitrogen and oxygen atoms in total. The van der Waals surface area contributed by atoms with Gasteiger partial charge in [-0.25, -0.2) is 0 Å². The summed E-state index contributed by atoms with van der Waals surface area (Å²) >= 11 is 4.34. The van der Waals surface area contributed by atoms with E-state index >= 15 is 0 Å². The normalized spacial score (nSPS) is 10.8. The van der Waals surface area contributed by atoms with Gasteiger partial charge in [0, 0.05) is 4.90 Å². The summed E-state index contributed by atoms with van der Waals surface area (Å²) in [7, 11) is 0. The van der Waals surface area contributed by atoms with E-state index < -0.39 is 0 Å². The average Bonchev–Trinajstić information content (AvgIpc) is 1.92. The molecule has 0 aromatic heterocycles. The zero-order chi connectivity index (χ0) is 9.35. The smallest absolute Gasteiger partial charge is 1.00 e. The molecule has 1 aromatic rings. The van der Waals surface area contributed by atoms with Gasteiger partial charge in [-0.05, 0) is 29.5 Å². The number of rotatable bonds is 0. The Morgan fingerprint density at radius 1 is 1.23 bits per heavy atom. The molecule has 0 saturated heterocycles. The topological polar surface area (TPSA) is 0 Å². The molecule has 0 saturated carbocycles. The summed E-state index contributed by atoms with van der Waals surface area (Å²) in [5, 5.41) is 0. The first-order chi connectivity index (χ1) is 5.41. The SMILES string of the molecule is Cc1cc(C(C)(C)C)ccc1S.[H-].[Na+]. The second-order valence-electron chi connectivity index (χ2n) is 4.25. The first-order valence-electron chi connectivity index (χ1n) is 4.21. The molecule has 0 aliphatic carbocycles. The molecule has 0 spiro atoms. The van der Waals surface area contributed by atoms with Crippen molar-refractivity contribution in [3.63, 3.8) is 0 Å². The maximum atomic E-state index is 4.34. The van der Waals surface area contributed by atoms with E-state index in [2.05, 4.69) is 58.5 Å². The summed E-state index contributed by atoms with van der Waals surface area (Å²) in [5.41, 5.74) is 2.87. The van der Waals surface area contributed by atoms with Gasteiger partial charge in [0.05, 0.1) is 0 Å². The Hall–Kier alpha value is 0.570. The fourth-order valence-corrected chi connectivity index (χ4v) is 1.26. The van der Waals surface area contributed by atoms with Gasteiger partial charge in [-0.2, -0.15) is 0 Å². The molecule has 0 bridgehead atoms. The second-order valence-corrected chi connectivity index (χ2v) is 4.73. The van der Waals surface area contributed by atoms with Crippen LogP contribution in [0, 0.1) is 6.92 Å². The van der Waals surface area contributed by atoms with Crippen LogP contribution < -0.4 is 29.6 Å². The van der Waals surface area contributed by atoms with Crippen LogP contribution in [-0.4, -0.2) is 0 Å².